The first-order valence-electron chi connectivity index (χ1n) is 5.14. The molecule has 0 amide bonds. The zero-order chi connectivity index (χ0) is 13.0. The highest BCUT2D eigenvalue weighted by Gasteiger charge is 2.03. The molecule has 0 radical (unpaired) electrons. The zero-order valence-electron chi connectivity index (χ0n) is 9.58. The van der Waals surface area contributed by atoms with Crippen LogP contribution in [0.25, 0.3) is 0 Å². The van der Waals surface area contributed by atoms with Crippen LogP contribution >= 0.6 is 11.3 Å². The van der Waals surface area contributed by atoms with Crippen molar-refractivity contribution in [2.45, 2.75) is 6.92 Å². The number of thiazole rings is 1. The van der Waals surface area contributed by atoms with Gasteiger partial charge < -0.3 is 5.11 Å². The first-order chi connectivity index (χ1) is 8.70. The molecule has 1 aromatic heterocycles. The van der Waals surface area contributed by atoms with Gasteiger partial charge >= 0.3 is 0 Å². The molecule has 2 rings (SSSR count). The molecule has 6 heteroatoms. The molecule has 90 valence electrons. The van der Waals surface area contributed by atoms with Gasteiger partial charge in [-0.25, -0.2) is 4.98 Å². The highest BCUT2D eigenvalue weighted by molar-refractivity contribution is 7.13. The summed E-state index contributed by atoms with van der Waals surface area (Å²) in [7, 11) is 0. The van der Waals surface area contributed by atoms with Crippen LogP contribution < -0.4 is 5.43 Å². The average molecular weight is 258 g/mol. The SMILES string of the molecule is Cc1csc(NN=Cc2cccc(C#N)c2O)n1. The molecule has 0 saturated heterocycles. The number of hydrogen-bond acceptors (Lipinski definition) is 6. The minimum Gasteiger partial charge on any atom is -0.506 e. The van der Waals surface area contributed by atoms with Gasteiger partial charge in [-0.2, -0.15) is 10.4 Å². The second kappa shape index (κ2) is 5.29. The van der Waals surface area contributed by atoms with E-state index in [-0.39, 0.29) is 11.3 Å². The average Bonchev–Trinajstić information content (AvgIpc) is 2.77. The summed E-state index contributed by atoms with van der Waals surface area (Å²) < 4.78 is 0. The van der Waals surface area contributed by atoms with E-state index in [0.29, 0.717) is 10.7 Å². The number of hydrogen-bond donors (Lipinski definition) is 2. The summed E-state index contributed by atoms with van der Waals surface area (Å²) in [5.41, 5.74) is 4.39. The molecule has 5 nitrogen and oxygen atoms in total. The Labute approximate surface area is 108 Å². The van der Waals surface area contributed by atoms with Crippen LogP contribution in [0.5, 0.6) is 5.75 Å². The molecule has 0 aliphatic carbocycles. The summed E-state index contributed by atoms with van der Waals surface area (Å²) in [6.45, 7) is 1.90. The van der Waals surface area contributed by atoms with Crippen molar-refractivity contribution < 1.29 is 5.11 Å². The van der Waals surface area contributed by atoms with Crippen LogP contribution in [0.15, 0.2) is 28.7 Å². The largest absolute Gasteiger partial charge is 0.506 e. The molecule has 0 spiro atoms. The van der Waals surface area contributed by atoms with Crippen LogP contribution in [-0.4, -0.2) is 16.3 Å². The topological polar surface area (TPSA) is 81.3 Å². The van der Waals surface area contributed by atoms with E-state index >= 15 is 0 Å². The number of para-hydroxylation sites is 1. The van der Waals surface area contributed by atoms with Crippen molar-refractivity contribution in [3.05, 3.63) is 40.4 Å². The van der Waals surface area contributed by atoms with Gasteiger partial charge in [0.2, 0.25) is 5.13 Å². The van der Waals surface area contributed by atoms with Gasteiger partial charge in [-0.1, -0.05) is 6.07 Å². The first-order valence-corrected chi connectivity index (χ1v) is 6.02. The molecule has 1 aromatic carbocycles. The summed E-state index contributed by atoms with van der Waals surface area (Å²) in [5.74, 6) is -0.0686. The third-order valence-electron chi connectivity index (χ3n) is 2.17. The Morgan fingerprint density at radius 3 is 3.06 bits per heavy atom. The molecule has 2 N–H and O–H groups in total. The van der Waals surface area contributed by atoms with Crippen molar-refractivity contribution in [3.8, 4) is 11.8 Å². The van der Waals surface area contributed by atoms with Gasteiger partial charge in [0.25, 0.3) is 0 Å². The first kappa shape index (κ1) is 12.1. The molecule has 18 heavy (non-hydrogen) atoms. The zero-order valence-corrected chi connectivity index (χ0v) is 10.4. The van der Waals surface area contributed by atoms with Gasteiger partial charge in [-0.15, -0.1) is 11.3 Å². The molecule has 0 aliphatic heterocycles. The molecule has 1 heterocycles. The van der Waals surface area contributed by atoms with Crippen molar-refractivity contribution in [1.29, 1.82) is 5.26 Å². The van der Waals surface area contributed by atoms with Crippen molar-refractivity contribution >= 4 is 22.7 Å². The van der Waals surface area contributed by atoms with Crippen molar-refractivity contribution in [3.63, 3.8) is 0 Å². The van der Waals surface area contributed by atoms with Crippen LogP contribution in [-0.2, 0) is 0 Å². The van der Waals surface area contributed by atoms with Crippen molar-refractivity contribution in [2.24, 2.45) is 5.10 Å². The predicted octanol–water partition coefficient (Wildman–Crippen LogP) is 2.47. The summed E-state index contributed by atoms with van der Waals surface area (Å²) in [5, 5.41) is 25.1. The third-order valence-corrected chi connectivity index (χ3v) is 3.04. The van der Waals surface area contributed by atoms with Crippen LogP contribution in [0, 0.1) is 18.3 Å². The molecule has 0 aliphatic rings. The maximum absolute atomic E-state index is 9.74. The molecular weight excluding hydrogens is 248 g/mol. The molecule has 0 fully saturated rings. The van der Waals surface area contributed by atoms with Gasteiger partial charge in [0.1, 0.15) is 11.8 Å². The quantitative estimate of drug-likeness (QED) is 0.654. The smallest absolute Gasteiger partial charge is 0.203 e. The number of nitriles is 1. The van der Waals surface area contributed by atoms with Crippen LogP contribution in [0.2, 0.25) is 0 Å². The van der Waals surface area contributed by atoms with E-state index in [0.717, 1.165) is 5.69 Å². The third kappa shape index (κ3) is 2.64. The van der Waals surface area contributed by atoms with E-state index in [1.807, 2.05) is 18.4 Å². The number of rotatable bonds is 3. The maximum atomic E-state index is 9.74. The number of aromatic nitrogens is 1. The molecule has 0 bridgehead atoms. The van der Waals surface area contributed by atoms with Gasteiger partial charge in [-0.05, 0) is 19.1 Å². The van der Waals surface area contributed by atoms with Gasteiger partial charge in [-0.3, -0.25) is 5.43 Å². The number of phenolic OH excluding ortho intramolecular Hbond substituents is 1. The molecule has 0 unspecified atom stereocenters. The van der Waals surface area contributed by atoms with Gasteiger partial charge in [0.15, 0.2) is 0 Å². The predicted molar refractivity (Wildman–Crippen MR) is 70.9 cm³/mol. The fourth-order valence-electron chi connectivity index (χ4n) is 1.32. The van der Waals surface area contributed by atoms with E-state index < -0.39 is 0 Å². The summed E-state index contributed by atoms with van der Waals surface area (Å²) in [6.07, 6.45) is 1.45. The van der Waals surface area contributed by atoms with Gasteiger partial charge in [0.05, 0.1) is 17.5 Å². The van der Waals surface area contributed by atoms with Crippen molar-refractivity contribution in [2.75, 3.05) is 5.43 Å². The van der Waals surface area contributed by atoms with E-state index in [1.54, 1.807) is 18.2 Å². The Balaban J connectivity index is 2.12. The Morgan fingerprint density at radius 2 is 2.39 bits per heavy atom. The minimum absolute atomic E-state index is 0.0686. The Hall–Kier alpha value is -2.39. The second-order valence-corrected chi connectivity index (χ2v) is 4.38. The lowest BCUT2D eigenvalue weighted by atomic mass is 10.1. The van der Waals surface area contributed by atoms with Gasteiger partial charge in [0, 0.05) is 10.9 Å². The number of nitrogens with zero attached hydrogens (tertiary/aromatic N) is 3. The summed E-state index contributed by atoms with van der Waals surface area (Å²) >= 11 is 1.45. The van der Waals surface area contributed by atoms with E-state index in [9.17, 15) is 5.11 Å². The number of benzene rings is 1. The lowest BCUT2D eigenvalue weighted by Crippen LogP contribution is -1.91. The summed E-state index contributed by atoms with van der Waals surface area (Å²) in [4.78, 5) is 4.18. The monoisotopic (exact) mass is 258 g/mol. The van der Waals surface area contributed by atoms with Crippen LogP contribution in [0.3, 0.4) is 0 Å². The normalized spacial score (nSPS) is 10.4. The van der Waals surface area contributed by atoms with E-state index in [4.69, 9.17) is 5.26 Å². The maximum Gasteiger partial charge on any atom is 0.203 e. The number of aromatic hydroxyl groups is 1. The van der Waals surface area contributed by atoms with E-state index in [2.05, 4.69) is 15.5 Å². The number of hydrazone groups is 1. The highest BCUT2D eigenvalue weighted by atomic mass is 32.1. The van der Waals surface area contributed by atoms with E-state index in [1.165, 1.54) is 17.6 Å². The lowest BCUT2D eigenvalue weighted by Gasteiger charge is -1.99. The standard InChI is InChI=1S/C12H10N4OS/c1-8-7-18-12(15-8)16-14-6-10-4-2-3-9(5-13)11(10)17/h2-4,6-7,17H,1H3,(H,15,16). The number of aryl methyl sites for hydroxylation is 1. The molecule has 0 atom stereocenters. The van der Waals surface area contributed by atoms with Crippen LogP contribution in [0.1, 0.15) is 16.8 Å². The Morgan fingerprint density at radius 1 is 1.56 bits per heavy atom. The van der Waals surface area contributed by atoms with Crippen LogP contribution in [0.4, 0.5) is 5.13 Å². The molecule has 2 aromatic rings. The fraction of sp³-hybridized carbons (Fsp3) is 0.0833. The minimum atomic E-state index is -0.0686. The number of anilines is 1. The number of nitrogens with one attached hydrogen (secondary N) is 1. The summed E-state index contributed by atoms with van der Waals surface area (Å²) in [6, 6.07) is 6.81. The Bertz CT molecular complexity index is 627. The number of phenols is 1. The molecular formula is C12H10N4OS. The second-order valence-electron chi connectivity index (χ2n) is 3.52. The van der Waals surface area contributed by atoms with Crippen molar-refractivity contribution in [1.82, 2.24) is 4.98 Å². The fourth-order valence-corrected chi connectivity index (χ4v) is 1.96. The Kier molecular flexibility index (Phi) is 3.55. The highest BCUT2D eigenvalue weighted by Crippen LogP contribution is 2.20. The molecule has 0 saturated carbocycles. The lowest BCUT2D eigenvalue weighted by molar-refractivity contribution is 0.472.